The fourth-order valence-corrected chi connectivity index (χ4v) is 6.27. The first kappa shape index (κ1) is 34.5. The summed E-state index contributed by atoms with van der Waals surface area (Å²) in [6.07, 6.45) is 0. The van der Waals surface area contributed by atoms with Gasteiger partial charge in [0.25, 0.3) is 0 Å². The van der Waals surface area contributed by atoms with Gasteiger partial charge in [0.05, 0.1) is 57.2 Å². The van der Waals surface area contributed by atoms with Gasteiger partial charge in [0, 0.05) is 5.75 Å². The molecule has 0 heterocycles. The number of likely N-dealkylation sites (N-methyl/N-ethyl adjacent to an activating group) is 1. The summed E-state index contributed by atoms with van der Waals surface area (Å²) in [5.74, 6) is 0.886. The largest absolute Gasteiger partial charge is 0.744 e. The molecular formula is C35H43NO5S2. The lowest BCUT2D eigenvalue weighted by Crippen LogP contribution is -2.37. The van der Waals surface area contributed by atoms with Gasteiger partial charge in [-0.05, 0) is 35.7 Å². The third kappa shape index (κ3) is 11.2. The lowest BCUT2D eigenvalue weighted by molar-refractivity contribution is -0.870. The molecule has 0 aliphatic carbocycles. The van der Waals surface area contributed by atoms with E-state index in [1.165, 1.54) is 28.8 Å². The molecule has 0 unspecified atom stereocenters. The van der Waals surface area contributed by atoms with Crippen molar-refractivity contribution in [2.75, 3.05) is 59.9 Å². The van der Waals surface area contributed by atoms with E-state index in [2.05, 4.69) is 112 Å². The van der Waals surface area contributed by atoms with Crippen molar-refractivity contribution in [3.05, 3.63) is 138 Å². The second-order valence-corrected chi connectivity index (χ2v) is 13.8. The maximum Gasteiger partial charge on any atom is 0.124 e. The minimum absolute atomic E-state index is 0.178. The highest BCUT2D eigenvalue weighted by molar-refractivity contribution is 8.00. The van der Waals surface area contributed by atoms with E-state index in [0.717, 1.165) is 29.0 Å². The van der Waals surface area contributed by atoms with Crippen LogP contribution in [0.2, 0.25) is 0 Å². The molecule has 6 nitrogen and oxygen atoms in total. The van der Waals surface area contributed by atoms with Gasteiger partial charge < -0.3 is 18.5 Å². The first-order valence-electron chi connectivity index (χ1n) is 14.3. The van der Waals surface area contributed by atoms with Gasteiger partial charge in [-0.3, -0.25) is 0 Å². The molecule has 0 bridgehead atoms. The lowest BCUT2D eigenvalue weighted by Gasteiger charge is -2.35. The van der Waals surface area contributed by atoms with Gasteiger partial charge in [-0.1, -0.05) is 109 Å². The normalized spacial score (nSPS) is 11.9. The monoisotopic (exact) mass is 621 g/mol. The highest BCUT2D eigenvalue weighted by Gasteiger charge is 2.36. The lowest BCUT2D eigenvalue weighted by atomic mass is 9.84. The highest BCUT2D eigenvalue weighted by Crippen LogP contribution is 2.48. The minimum atomic E-state index is -4.27. The predicted molar refractivity (Wildman–Crippen MR) is 175 cm³/mol. The summed E-state index contributed by atoms with van der Waals surface area (Å²) < 4.78 is 43.4. The van der Waals surface area contributed by atoms with Crippen molar-refractivity contribution in [1.82, 2.24) is 0 Å². The summed E-state index contributed by atoms with van der Waals surface area (Å²) in [4.78, 5) is -0.178. The molecule has 4 rings (SSSR count). The van der Waals surface area contributed by atoms with Crippen molar-refractivity contribution in [2.45, 2.75) is 16.6 Å². The van der Waals surface area contributed by atoms with Crippen LogP contribution in [-0.4, -0.2) is 77.3 Å². The maximum absolute atomic E-state index is 10.4. The van der Waals surface area contributed by atoms with Crippen molar-refractivity contribution in [3.63, 3.8) is 0 Å². The summed E-state index contributed by atoms with van der Waals surface area (Å²) in [5, 5.41) is 0. The zero-order valence-corrected chi connectivity index (χ0v) is 27.2. The maximum atomic E-state index is 10.4. The van der Waals surface area contributed by atoms with Crippen molar-refractivity contribution < 1.29 is 26.9 Å². The molecule has 43 heavy (non-hydrogen) atoms. The Morgan fingerprint density at radius 2 is 1.07 bits per heavy atom. The van der Waals surface area contributed by atoms with Crippen molar-refractivity contribution in [3.8, 4) is 0 Å². The van der Waals surface area contributed by atoms with Crippen LogP contribution in [0.3, 0.4) is 0 Å². The Morgan fingerprint density at radius 3 is 1.47 bits per heavy atom. The van der Waals surface area contributed by atoms with E-state index in [0.29, 0.717) is 19.8 Å². The van der Waals surface area contributed by atoms with Crippen molar-refractivity contribution in [1.29, 1.82) is 0 Å². The van der Waals surface area contributed by atoms with Crippen molar-refractivity contribution >= 4 is 21.9 Å². The van der Waals surface area contributed by atoms with Gasteiger partial charge in [0.1, 0.15) is 16.7 Å². The van der Waals surface area contributed by atoms with Crippen LogP contribution < -0.4 is 0 Å². The molecule has 0 aliphatic rings. The molecule has 230 valence electrons. The van der Waals surface area contributed by atoms with Crippen LogP contribution in [0.1, 0.15) is 22.3 Å². The molecule has 0 saturated carbocycles. The summed E-state index contributed by atoms with van der Waals surface area (Å²) in [6, 6.07) is 38.2. The van der Waals surface area contributed by atoms with Crippen LogP contribution in [0, 0.1) is 6.92 Å². The SMILES string of the molecule is C[N+](C)(C)CCOCCOCCSC(c1ccccc1)(c1ccccc1)c1ccccc1.Cc1ccc(S(=O)(=O)[O-])cc1. The molecule has 0 N–H and O–H groups in total. The summed E-state index contributed by atoms with van der Waals surface area (Å²) in [5.41, 5.74) is 4.78. The van der Waals surface area contributed by atoms with Gasteiger partial charge in [-0.15, -0.1) is 11.8 Å². The molecule has 0 fully saturated rings. The summed E-state index contributed by atoms with van der Waals surface area (Å²) in [7, 11) is 2.26. The molecule has 0 amide bonds. The number of benzene rings is 4. The highest BCUT2D eigenvalue weighted by atomic mass is 32.2. The molecule has 8 heteroatoms. The third-order valence-corrected chi connectivity index (χ3v) is 9.04. The number of rotatable bonds is 14. The first-order valence-corrected chi connectivity index (χ1v) is 16.7. The minimum Gasteiger partial charge on any atom is -0.744 e. The van der Waals surface area contributed by atoms with E-state index in [1.54, 1.807) is 12.1 Å². The molecule has 0 aromatic heterocycles. The topological polar surface area (TPSA) is 75.7 Å². The zero-order valence-electron chi connectivity index (χ0n) is 25.5. The van der Waals surface area contributed by atoms with E-state index in [9.17, 15) is 13.0 Å². The number of nitrogens with zero attached hydrogens (tertiary/aromatic N) is 1. The molecule has 0 saturated heterocycles. The summed E-state index contributed by atoms with van der Waals surface area (Å²) in [6.45, 7) is 5.56. The van der Waals surface area contributed by atoms with Crippen LogP contribution in [-0.2, 0) is 24.3 Å². The average Bonchev–Trinajstić information content (AvgIpc) is 2.99. The Labute approximate surface area is 262 Å². The van der Waals surface area contributed by atoms with Gasteiger partial charge in [0.15, 0.2) is 0 Å². The number of hydrogen-bond acceptors (Lipinski definition) is 6. The van der Waals surface area contributed by atoms with E-state index in [1.807, 2.05) is 18.7 Å². The van der Waals surface area contributed by atoms with Gasteiger partial charge in [-0.25, -0.2) is 8.42 Å². The fourth-order valence-electron chi connectivity index (χ4n) is 4.39. The number of ether oxygens (including phenoxy) is 2. The average molecular weight is 622 g/mol. The number of aryl methyl sites for hydroxylation is 1. The van der Waals surface area contributed by atoms with Gasteiger partial charge >= 0.3 is 0 Å². The zero-order chi connectivity index (χ0) is 31.2. The van der Waals surface area contributed by atoms with E-state index in [4.69, 9.17) is 9.47 Å². The molecule has 0 spiro atoms. The number of hydrogen-bond donors (Lipinski definition) is 0. The number of thioether (sulfide) groups is 1. The Hall–Kier alpha value is -2.98. The molecule has 0 atom stereocenters. The smallest absolute Gasteiger partial charge is 0.124 e. The third-order valence-electron chi connectivity index (χ3n) is 6.68. The molecule has 0 aliphatic heterocycles. The van der Waals surface area contributed by atoms with Crippen molar-refractivity contribution in [2.24, 2.45) is 0 Å². The summed E-state index contributed by atoms with van der Waals surface area (Å²) >= 11 is 1.93. The Morgan fingerprint density at radius 1 is 0.651 bits per heavy atom. The standard InChI is InChI=1S/C28H36NO2S.C7H8O3S/c1-29(2,3)19-20-30-21-22-31-23-24-32-28(25-13-7-4-8-14-25,26-15-9-5-10-16-26)27-17-11-6-12-18-27;1-6-2-4-7(5-3-6)11(8,9)10/h4-18H,19-24H2,1-3H3;2-5H,1H3,(H,8,9,10)/q+1;/p-1. The molecule has 0 radical (unpaired) electrons. The predicted octanol–water partition coefficient (Wildman–Crippen LogP) is 6.35. The second-order valence-electron chi connectivity index (χ2n) is 11.1. The Balaban J connectivity index is 0.000000386. The molecule has 4 aromatic rings. The second kappa shape index (κ2) is 16.8. The molecule has 4 aromatic carbocycles. The quantitative estimate of drug-likeness (QED) is 0.0707. The van der Waals surface area contributed by atoms with Crippen LogP contribution in [0.15, 0.2) is 120 Å². The van der Waals surface area contributed by atoms with Crippen LogP contribution in [0.5, 0.6) is 0 Å². The van der Waals surface area contributed by atoms with Crippen LogP contribution >= 0.6 is 11.8 Å². The Bertz CT molecular complexity index is 1340. The first-order chi connectivity index (χ1) is 20.5. The molecular weight excluding hydrogens is 579 g/mol. The Kier molecular flexibility index (Phi) is 13.4. The van der Waals surface area contributed by atoms with E-state index in [-0.39, 0.29) is 9.64 Å². The van der Waals surface area contributed by atoms with Gasteiger partial charge in [0.2, 0.25) is 0 Å². The fraction of sp³-hybridized carbons (Fsp3) is 0.314. The van der Waals surface area contributed by atoms with E-state index >= 15 is 0 Å². The van der Waals surface area contributed by atoms with Gasteiger partial charge in [-0.2, -0.15) is 0 Å². The van der Waals surface area contributed by atoms with Crippen LogP contribution in [0.25, 0.3) is 0 Å². The van der Waals surface area contributed by atoms with E-state index < -0.39 is 10.1 Å². The number of quaternary nitrogens is 1. The van der Waals surface area contributed by atoms with Crippen LogP contribution in [0.4, 0.5) is 0 Å².